The first kappa shape index (κ1) is 15.7. The van der Waals surface area contributed by atoms with Crippen molar-refractivity contribution in [3.8, 4) is 0 Å². The van der Waals surface area contributed by atoms with Gasteiger partial charge in [0, 0.05) is 12.6 Å². The Morgan fingerprint density at radius 3 is 2.57 bits per heavy atom. The molecule has 0 spiro atoms. The summed E-state index contributed by atoms with van der Waals surface area (Å²) in [4.78, 5) is 9.97. The largest absolute Gasteiger partial charge is 0.324 e. The molecule has 9 heteroatoms. The number of sulfonamides is 1. The number of rotatable bonds is 7. The van der Waals surface area contributed by atoms with Gasteiger partial charge in [0.25, 0.3) is 5.69 Å². The molecule has 1 aromatic carbocycles. The van der Waals surface area contributed by atoms with Gasteiger partial charge in [-0.3, -0.25) is 16.0 Å². The van der Waals surface area contributed by atoms with Crippen molar-refractivity contribution < 1.29 is 13.3 Å². The molecular formula is C12H18N4O4S. The Morgan fingerprint density at radius 1 is 1.43 bits per heavy atom. The molecule has 21 heavy (non-hydrogen) atoms. The highest BCUT2D eigenvalue weighted by Crippen LogP contribution is 2.48. The van der Waals surface area contributed by atoms with Gasteiger partial charge in [-0.15, -0.1) is 0 Å². The van der Waals surface area contributed by atoms with Gasteiger partial charge in [-0.1, -0.05) is 6.92 Å². The summed E-state index contributed by atoms with van der Waals surface area (Å²) >= 11 is 0. The van der Waals surface area contributed by atoms with E-state index in [0.29, 0.717) is 6.54 Å². The minimum absolute atomic E-state index is 0.0145. The third-order valence-corrected chi connectivity index (χ3v) is 5.40. The van der Waals surface area contributed by atoms with Crippen LogP contribution in [0.15, 0.2) is 23.1 Å². The van der Waals surface area contributed by atoms with Crippen LogP contribution in [-0.4, -0.2) is 19.9 Å². The maximum atomic E-state index is 12.3. The number of hydrazine groups is 1. The van der Waals surface area contributed by atoms with Crippen LogP contribution in [0.3, 0.4) is 0 Å². The molecule has 1 aromatic rings. The molecule has 1 saturated carbocycles. The van der Waals surface area contributed by atoms with Crippen LogP contribution in [0.25, 0.3) is 0 Å². The third-order valence-electron chi connectivity index (χ3n) is 3.96. The van der Waals surface area contributed by atoms with E-state index in [2.05, 4.69) is 10.1 Å². The lowest BCUT2D eigenvalue weighted by molar-refractivity contribution is -0.387. The highest BCUT2D eigenvalue weighted by molar-refractivity contribution is 7.89. The van der Waals surface area contributed by atoms with Crippen LogP contribution in [0.2, 0.25) is 0 Å². The summed E-state index contributed by atoms with van der Waals surface area (Å²) in [6, 6.07) is 3.66. The first-order chi connectivity index (χ1) is 9.83. The van der Waals surface area contributed by atoms with Crippen LogP contribution >= 0.6 is 0 Å². The standard InChI is InChI=1S/C12H18N4O4S/c1-2-12(5-6-12)8-14-21(19,20)11-4-3-9(15-13)7-10(11)16(17)18/h3-4,7,14-15H,2,5-6,8,13H2,1H3. The molecule has 8 nitrogen and oxygen atoms in total. The Hall–Kier alpha value is -1.71. The molecule has 4 N–H and O–H groups in total. The normalized spacial score (nSPS) is 16.5. The number of anilines is 1. The highest BCUT2D eigenvalue weighted by Gasteiger charge is 2.41. The van der Waals surface area contributed by atoms with Crippen molar-refractivity contribution in [1.82, 2.24) is 4.72 Å². The van der Waals surface area contributed by atoms with Gasteiger partial charge in [-0.2, -0.15) is 0 Å². The van der Waals surface area contributed by atoms with Crippen molar-refractivity contribution in [1.29, 1.82) is 0 Å². The number of nitrogen functional groups attached to an aromatic ring is 1. The van der Waals surface area contributed by atoms with E-state index in [9.17, 15) is 18.5 Å². The summed E-state index contributed by atoms with van der Waals surface area (Å²) in [5.74, 6) is 5.18. The fourth-order valence-electron chi connectivity index (χ4n) is 2.14. The molecule has 1 aliphatic carbocycles. The van der Waals surface area contributed by atoms with Gasteiger partial charge < -0.3 is 5.43 Å². The monoisotopic (exact) mass is 314 g/mol. The van der Waals surface area contributed by atoms with E-state index in [1.165, 1.54) is 12.1 Å². The molecule has 2 rings (SSSR count). The van der Waals surface area contributed by atoms with E-state index in [1.54, 1.807) is 0 Å². The van der Waals surface area contributed by atoms with Gasteiger partial charge in [-0.05, 0) is 36.8 Å². The number of nitro benzene ring substituents is 1. The summed E-state index contributed by atoms with van der Waals surface area (Å²) in [6.07, 6.45) is 2.84. The second-order valence-electron chi connectivity index (χ2n) is 5.26. The van der Waals surface area contributed by atoms with E-state index in [-0.39, 0.29) is 16.0 Å². The van der Waals surface area contributed by atoms with Crippen molar-refractivity contribution >= 4 is 21.4 Å². The van der Waals surface area contributed by atoms with Crippen molar-refractivity contribution in [2.75, 3.05) is 12.0 Å². The molecule has 0 bridgehead atoms. The Balaban J connectivity index is 2.28. The van der Waals surface area contributed by atoms with Crippen LogP contribution in [-0.2, 0) is 10.0 Å². The predicted octanol–water partition coefficient (Wildman–Crippen LogP) is 1.35. The number of nitrogens with one attached hydrogen (secondary N) is 2. The van der Waals surface area contributed by atoms with Crippen molar-refractivity contribution in [3.63, 3.8) is 0 Å². The van der Waals surface area contributed by atoms with E-state index in [0.717, 1.165) is 25.3 Å². The van der Waals surface area contributed by atoms with Crippen molar-refractivity contribution in [2.45, 2.75) is 31.1 Å². The first-order valence-electron chi connectivity index (χ1n) is 6.58. The molecule has 0 aromatic heterocycles. The lowest BCUT2D eigenvalue weighted by Crippen LogP contribution is -2.30. The number of hydrogen-bond acceptors (Lipinski definition) is 6. The lowest BCUT2D eigenvalue weighted by Gasteiger charge is -2.14. The van der Waals surface area contributed by atoms with Gasteiger partial charge in [-0.25, -0.2) is 13.1 Å². The molecule has 0 unspecified atom stereocenters. The molecule has 116 valence electrons. The van der Waals surface area contributed by atoms with Crippen LogP contribution in [0.4, 0.5) is 11.4 Å². The summed E-state index contributed by atoms with van der Waals surface area (Å²) in [7, 11) is -3.92. The number of benzene rings is 1. The highest BCUT2D eigenvalue weighted by atomic mass is 32.2. The van der Waals surface area contributed by atoms with Gasteiger partial charge in [0.1, 0.15) is 0 Å². The average molecular weight is 314 g/mol. The lowest BCUT2D eigenvalue weighted by atomic mass is 10.1. The zero-order valence-electron chi connectivity index (χ0n) is 11.6. The zero-order chi connectivity index (χ0) is 15.7. The maximum absolute atomic E-state index is 12.3. The summed E-state index contributed by atoms with van der Waals surface area (Å²) in [6.45, 7) is 2.31. The van der Waals surface area contributed by atoms with Gasteiger partial charge >= 0.3 is 0 Å². The predicted molar refractivity (Wildman–Crippen MR) is 78.1 cm³/mol. The summed E-state index contributed by atoms with van der Waals surface area (Å²) in [5, 5.41) is 11.1. The van der Waals surface area contributed by atoms with E-state index in [1.807, 2.05) is 6.92 Å². The number of hydrogen-bond donors (Lipinski definition) is 3. The zero-order valence-corrected chi connectivity index (χ0v) is 12.4. The molecule has 1 aliphatic rings. The first-order valence-corrected chi connectivity index (χ1v) is 8.07. The van der Waals surface area contributed by atoms with Crippen molar-refractivity contribution in [2.24, 2.45) is 11.3 Å². The van der Waals surface area contributed by atoms with Crippen LogP contribution in [0, 0.1) is 15.5 Å². The fourth-order valence-corrected chi connectivity index (χ4v) is 3.44. The fraction of sp³-hybridized carbons (Fsp3) is 0.500. The van der Waals surface area contributed by atoms with Crippen LogP contribution < -0.4 is 16.0 Å². The molecule has 0 atom stereocenters. The molecule has 0 heterocycles. The smallest absolute Gasteiger partial charge is 0.291 e. The molecule has 0 aliphatic heterocycles. The third kappa shape index (κ3) is 3.31. The molecule has 0 amide bonds. The topological polar surface area (TPSA) is 127 Å². The minimum atomic E-state index is -3.92. The van der Waals surface area contributed by atoms with E-state index >= 15 is 0 Å². The average Bonchev–Trinajstić information content (AvgIpc) is 3.25. The maximum Gasteiger partial charge on any atom is 0.291 e. The van der Waals surface area contributed by atoms with E-state index in [4.69, 9.17) is 5.84 Å². The molecule has 0 saturated heterocycles. The SMILES string of the molecule is CCC1(CNS(=O)(=O)c2ccc(NN)cc2[N+](=O)[O-])CC1. The number of nitro groups is 1. The summed E-state index contributed by atoms with van der Waals surface area (Å²) in [5.41, 5.74) is 2.04. The van der Waals surface area contributed by atoms with Gasteiger partial charge in [0.2, 0.25) is 10.0 Å². The molecular weight excluding hydrogens is 296 g/mol. The quantitative estimate of drug-likeness (QED) is 0.396. The Bertz CT molecular complexity index is 655. The molecule has 0 radical (unpaired) electrons. The number of nitrogens with two attached hydrogens (primary N) is 1. The summed E-state index contributed by atoms with van der Waals surface area (Å²) < 4.78 is 27.0. The second kappa shape index (κ2) is 5.58. The minimum Gasteiger partial charge on any atom is -0.324 e. The number of nitrogens with zero attached hydrogens (tertiary/aromatic N) is 1. The Labute approximate surface area is 122 Å². The van der Waals surface area contributed by atoms with Crippen LogP contribution in [0.1, 0.15) is 26.2 Å². The Kier molecular flexibility index (Phi) is 4.17. The van der Waals surface area contributed by atoms with Crippen LogP contribution in [0.5, 0.6) is 0 Å². The van der Waals surface area contributed by atoms with Gasteiger partial charge in [0.15, 0.2) is 4.90 Å². The Morgan fingerprint density at radius 2 is 2.10 bits per heavy atom. The van der Waals surface area contributed by atoms with Crippen molar-refractivity contribution in [3.05, 3.63) is 28.3 Å². The van der Waals surface area contributed by atoms with E-state index < -0.39 is 20.6 Å². The van der Waals surface area contributed by atoms with Gasteiger partial charge in [0.05, 0.1) is 10.6 Å². The second-order valence-corrected chi connectivity index (χ2v) is 7.00. The molecule has 1 fully saturated rings.